The molecule has 0 bridgehead atoms. The largest absolute Gasteiger partial charge is 0.269 e. The minimum atomic E-state index is -0.0566. The minimum Gasteiger partial charge on any atom is -0.269 e. The van der Waals surface area contributed by atoms with Gasteiger partial charge in [-0.1, -0.05) is 35.3 Å². The van der Waals surface area contributed by atoms with Crippen molar-refractivity contribution in [2.75, 3.05) is 0 Å². The van der Waals surface area contributed by atoms with Crippen molar-refractivity contribution in [2.45, 2.75) is 18.4 Å². The smallest absolute Gasteiger partial charge is 0.258 e. The Hall–Kier alpha value is -1.49. The molecule has 0 aliphatic carbocycles. The van der Waals surface area contributed by atoms with Gasteiger partial charge >= 0.3 is 0 Å². The highest BCUT2D eigenvalue weighted by atomic mass is 35.5. The van der Waals surface area contributed by atoms with Crippen molar-refractivity contribution in [3.8, 4) is 0 Å². The van der Waals surface area contributed by atoms with Crippen LogP contribution in [0.15, 0.2) is 47.4 Å². The van der Waals surface area contributed by atoms with Gasteiger partial charge in [-0.05, 0) is 36.2 Å². The zero-order valence-corrected chi connectivity index (χ0v) is 14.8. The Morgan fingerprint density at radius 2 is 1.96 bits per heavy atom. The fraction of sp³-hybridized carbons (Fsp3) is 0.176. The summed E-state index contributed by atoms with van der Waals surface area (Å²) in [5.41, 5.74) is 3.44. The molecule has 0 aliphatic heterocycles. The van der Waals surface area contributed by atoms with Crippen LogP contribution in [0.4, 0.5) is 0 Å². The van der Waals surface area contributed by atoms with Crippen molar-refractivity contribution < 1.29 is 0 Å². The maximum absolute atomic E-state index is 12.2. The maximum atomic E-state index is 12.2. The van der Waals surface area contributed by atoms with E-state index in [4.69, 9.17) is 23.2 Å². The average Bonchev–Trinajstić information content (AvgIpc) is 2.50. The van der Waals surface area contributed by atoms with Crippen LogP contribution < -0.4 is 5.56 Å². The predicted octanol–water partition coefficient (Wildman–Crippen LogP) is 4.74. The summed E-state index contributed by atoms with van der Waals surface area (Å²) in [4.78, 5) is 16.7. The molecular formula is C17H14Cl2N2OS. The molecule has 0 atom stereocenters. The number of halogens is 2. The van der Waals surface area contributed by atoms with Gasteiger partial charge < -0.3 is 0 Å². The fourth-order valence-electron chi connectivity index (χ4n) is 2.24. The number of hydrogen-bond donors (Lipinski definition) is 0. The van der Waals surface area contributed by atoms with E-state index >= 15 is 0 Å². The summed E-state index contributed by atoms with van der Waals surface area (Å²) in [7, 11) is 0. The number of thioether (sulfide) groups is 1. The first-order valence-corrected chi connectivity index (χ1v) is 8.94. The van der Waals surface area contributed by atoms with Gasteiger partial charge in [0.25, 0.3) is 5.56 Å². The summed E-state index contributed by atoms with van der Waals surface area (Å²) >= 11 is 13.7. The van der Waals surface area contributed by atoms with E-state index in [0.29, 0.717) is 21.4 Å². The van der Waals surface area contributed by atoms with E-state index in [2.05, 4.69) is 4.98 Å². The van der Waals surface area contributed by atoms with Crippen LogP contribution in [-0.4, -0.2) is 9.38 Å². The fourth-order valence-corrected chi connectivity index (χ4v) is 3.72. The number of aryl methyl sites for hydroxylation is 1. The normalized spacial score (nSPS) is 11.1. The van der Waals surface area contributed by atoms with Gasteiger partial charge in [-0.3, -0.25) is 9.20 Å². The second-order valence-electron chi connectivity index (χ2n) is 5.25. The lowest BCUT2D eigenvalue weighted by molar-refractivity contribution is 1.00. The molecule has 6 heteroatoms. The van der Waals surface area contributed by atoms with Crippen LogP contribution in [0.5, 0.6) is 0 Å². The first-order valence-electron chi connectivity index (χ1n) is 7.03. The van der Waals surface area contributed by atoms with Crippen LogP contribution in [0.2, 0.25) is 10.0 Å². The minimum absolute atomic E-state index is 0.0566. The molecule has 0 saturated carbocycles. The van der Waals surface area contributed by atoms with Crippen molar-refractivity contribution in [1.82, 2.24) is 9.38 Å². The Labute approximate surface area is 148 Å². The number of fused-ring (bicyclic) bond motifs is 1. The number of nitrogens with zero attached hydrogens (tertiary/aromatic N) is 2. The Kier molecular flexibility index (Phi) is 4.95. The van der Waals surface area contributed by atoms with Crippen molar-refractivity contribution in [2.24, 2.45) is 0 Å². The third-order valence-electron chi connectivity index (χ3n) is 3.38. The SMILES string of the molecule is Cc1ccc2nc(CSCc3ccc(Cl)cc3Cl)cc(=O)n2c1. The van der Waals surface area contributed by atoms with Gasteiger partial charge in [0.2, 0.25) is 0 Å². The van der Waals surface area contributed by atoms with Crippen LogP contribution in [0.3, 0.4) is 0 Å². The molecule has 0 amide bonds. The van der Waals surface area contributed by atoms with E-state index < -0.39 is 0 Å². The van der Waals surface area contributed by atoms with E-state index in [1.54, 1.807) is 34.5 Å². The molecule has 0 spiro atoms. The van der Waals surface area contributed by atoms with Gasteiger partial charge in [-0.2, -0.15) is 11.8 Å². The summed E-state index contributed by atoms with van der Waals surface area (Å²) in [6.07, 6.45) is 1.80. The lowest BCUT2D eigenvalue weighted by Crippen LogP contribution is -2.15. The van der Waals surface area contributed by atoms with Crippen molar-refractivity contribution in [3.05, 3.63) is 79.8 Å². The lowest BCUT2D eigenvalue weighted by Gasteiger charge is -2.06. The predicted molar refractivity (Wildman–Crippen MR) is 97.7 cm³/mol. The quantitative estimate of drug-likeness (QED) is 0.670. The van der Waals surface area contributed by atoms with E-state index in [1.807, 2.05) is 31.2 Å². The van der Waals surface area contributed by atoms with Gasteiger partial charge in [-0.25, -0.2) is 4.98 Å². The number of benzene rings is 1. The Morgan fingerprint density at radius 1 is 1.13 bits per heavy atom. The second-order valence-corrected chi connectivity index (χ2v) is 7.08. The molecule has 3 rings (SSSR count). The highest BCUT2D eigenvalue weighted by Crippen LogP contribution is 2.25. The van der Waals surface area contributed by atoms with Crippen LogP contribution >= 0.6 is 35.0 Å². The van der Waals surface area contributed by atoms with Crippen LogP contribution in [0, 0.1) is 6.92 Å². The van der Waals surface area contributed by atoms with Gasteiger partial charge in [0.15, 0.2) is 0 Å². The zero-order chi connectivity index (χ0) is 16.4. The molecule has 1 aromatic carbocycles. The van der Waals surface area contributed by atoms with Crippen molar-refractivity contribution in [1.29, 1.82) is 0 Å². The molecule has 0 N–H and O–H groups in total. The van der Waals surface area contributed by atoms with Crippen LogP contribution in [0.25, 0.3) is 5.65 Å². The highest BCUT2D eigenvalue weighted by molar-refractivity contribution is 7.97. The molecule has 0 saturated heterocycles. The summed E-state index contributed by atoms with van der Waals surface area (Å²) in [6, 6.07) is 10.9. The third kappa shape index (κ3) is 3.89. The molecule has 2 heterocycles. The van der Waals surface area contributed by atoms with Crippen molar-refractivity contribution >= 4 is 40.6 Å². The third-order valence-corrected chi connectivity index (χ3v) is 4.99. The molecule has 0 radical (unpaired) electrons. The van der Waals surface area contributed by atoms with Crippen molar-refractivity contribution in [3.63, 3.8) is 0 Å². The molecular weight excluding hydrogens is 351 g/mol. The van der Waals surface area contributed by atoms with E-state index in [1.165, 1.54) is 0 Å². The topological polar surface area (TPSA) is 34.4 Å². The highest BCUT2D eigenvalue weighted by Gasteiger charge is 2.05. The standard InChI is InChI=1S/C17H14Cl2N2OS/c1-11-2-5-16-20-14(7-17(22)21(16)8-11)10-23-9-12-3-4-13(18)6-15(12)19/h2-8H,9-10H2,1H3. The number of rotatable bonds is 4. The number of pyridine rings is 1. The zero-order valence-electron chi connectivity index (χ0n) is 12.4. The molecule has 0 aliphatic rings. The molecule has 2 aromatic heterocycles. The maximum Gasteiger partial charge on any atom is 0.258 e. The van der Waals surface area contributed by atoms with E-state index in [-0.39, 0.29) is 5.56 Å². The average molecular weight is 365 g/mol. The summed E-state index contributed by atoms with van der Waals surface area (Å²) in [5.74, 6) is 1.39. The van der Waals surface area contributed by atoms with Gasteiger partial charge in [0, 0.05) is 33.8 Å². The Balaban J connectivity index is 1.74. The first kappa shape index (κ1) is 16.4. The van der Waals surface area contributed by atoms with E-state index in [0.717, 1.165) is 22.6 Å². The van der Waals surface area contributed by atoms with Crippen LogP contribution in [0.1, 0.15) is 16.8 Å². The molecule has 23 heavy (non-hydrogen) atoms. The Morgan fingerprint density at radius 3 is 2.74 bits per heavy atom. The van der Waals surface area contributed by atoms with Gasteiger partial charge in [0.1, 0.15) is 5.65 Å². The molecule has 0 unspecified atom stereocenters. The second kappa shape index (κ2) is 6.95. The molecule has 0 fully saturated rings. The Bertz CT molecular complexity index is 924. The number of aromatic nitrogens is 2. The summed E-state index contributed by atoms with van der Waals surface area (Å²) in [6.45, 7) is 1.95. The number of hydrogen-bond acceptors (Lipinski definition) is 3. The van der Waals surface area contributed by atoms with E-state index in [9.17, 15) is 4.79 Å². The lowest BCUT2D eigenvalue weighted by atomic mass is 10.2. The van der Waals surface area contributed by atoms with Gasteiger partial charge in [-0.15, -0.1) is 0 Å². The summed E-state index contributed by atoms with van der Waals surface area (Å²) in [5, 5.41) is 1.29. The monoisotopic (exact) mass is 364 g/mol. The molecule has 3 aromatic rings. The van der Waals surface area contributed by atoms with Gasteiger partial charge in [0.05, 0.1) is 5.69 Å². The summed E-state index contributed by atoms with van der Waals surface area (Å²) < 4.78 is 1.57. The van der Waals surface area contributed by atoms with Crippen LogP contribution in [-0.2, 0) is 11.5 Å². The first-order chi connectivity index (χ1) is 11.0. The molecule has 3 nitrogen and oxygen atoms in total. The molecule has 118 valence electrons.